The van der Waals surface area contributed by atoms with Crippen molar-refractivity contribution in [1.29, 1.82) is 0 Å². The summed E-state index contributed by atoms with van der Waals surface area (Å²) in [4.78, 5) is 8.24. The lowest BCUT2D eigenvalue weighted by Crippen LogP contribution is -1.85. The van der Waals surface area contributed by atoms with Crippen molar-refractivity contribution in [2.24, 2.45) is 0 Å². The van der Waals surface area contributed by atoms with Gasteiger partial charge in [0, 0.05) is 22.7 Å². The van der Waals surface area contributed by atoms with E-state index in [1.54, 1.807) is 18.3 Å². The van der Waals surface area contributed by atoms with Gasteiger partial charge in [0.25, 0.3) is 0 Å². The molecule has 0 spiro atoms. The lowest BCUT2D eigenvalue weighted by Gasteiger charge is -2.05. The summed E-state index contributed by atoms with van der Waals surface area (Å²) in [6.07, 6.45) is 1.63. The van der Waals surface area contributed by atoms with Crippen LogP contribution in [0.5, 0.6) is 11.5 Å². The number of aromatic hydroxyl groups is 2. The smallest absolute Gasteiger partial charge is 0.160 e. The average molecular weight is 534 g/mol. The molecule has 0 fully saturated rings. The van der Waals surface area contributed by atoms with E-state index in [1.165, 1.54) is 6.07 Å². The number of nitrogens with zero attached hydrogens (tertiary/aromatic N) is 2. The Hall–Kier alpha value is -1.54. The van der Waals surface area contributed by atoms with Gasteiger partial charge < -0.3 is 10.2 Å². The van der Waals surface area contributed by atoms with Gasteiger partial charge in [-0.15, -0.1) is 0 Å². The van der Waals surface area contributed by atoms with E-state index in [1.807, 2.05) is 47.7 Å². The molecular formula is C19H12Cl3IN2O2. The molecule has 4 aromatic rings. The van der Waals surface area contributed by atoms with Gasteiger partial charge in [-0.1, -0.05) is 34.8 Å². The van der Waals surface area contributed by atoms with Crippen LogP contribution in [0.2, 0.25) is 15.1 Å². The highest BCUT2D eigenvalue weighted by atomic mass is 127. The number of aromatic nitrogens is 2. The fraction of sp³-hybridized carbons (Fsp3) is 0.0526. The third kappa shape index (κ3) is 4.16. The van der Waals surface area contributed by atoms with Crippen LogP contribution >= 0.6 is 57.4 Å². The Bertz CT molecular complexity index is 1170. The Labute approximate surface area is 183 Å². The molecule has 4 nitrogen and oxygen atoms in total. The molecule has 0 saturated carbocycles. The van der Waals surface area contributed by atoms with Crippen molar-refractivity contribution in [3.8, 4) is 11.5 Å². The summed E-state index contributed by atoms with van der Waals surface area (Å²) in [6, 6.07) is 10.5. The van der Waals surface area contributed by atoms with Crippen molar-refractivity contribution >= 4 is 79.2 Å². The van der Waals surface area contributed by atoms with E-state index in [-0.39, 0.29) is 16.5 Å². The third-order valence-corrected chi connectivity index (χ3v) is 5.50. The first-order chi connectivity index (χ1) is 12.8. The molecule has 138 valence electrons. The molecule has 2 N–H and O–H groups in total. The fourth-order valence-corrected chi connectivity index (χ4v) is 3.99. The van der Waals surface area contributed by atoms with Crippen molar-refractivity contribution in [2.75, 3.05) is 0 Å². The average Bonchev–Trinajstić information content (AvgIpc) is 2.65. The van der Waals surface area contributed by atoms with Crippen LogP contribution in [0, 0.1) is 10.5 Å². The van der Waals surface area contributed by atoms with E-state index in [9.17, 15) is 10.2 Å². The van der Waals surface area contributed by atoms with E-state index in [2.05, 4.69) is 9.97 Å². The predicted octanol–water partition coefficient (Wildman–Crippen LogP) is 6.75. The summed E-state index contributed by atoms with van der Waals surface area (Å²) in [6.45, 7) is 1.84. The van der Waals surface area contributed by atoms with E-state index >= 15 is 0 Å². The van der Waals surface area contributed by atoms with Gasteiger partial charge in [-0.05, 0) is 65.9 Å². The number of aryl methyl sites for hydroxylation is 1. The maximum absolute atomic E-state index is 9.65. The van der Waals surface area contributed by atoms with Crippen LogP contribution in [-0.2, 0) is 0 Å². The molecule has 2 aromatic heterocycles. The van der Waals surface area contributed by atoms with E-state index in [0.717, 1.165) is 11.1 Å². The molecule has 2 aromatic carbocycles. The lowest BCUT2D eigenvalue weighted by atomic mass is 10.2. The molecule has 0 aliphatic carbocycles. The highest BCUT2D eigenvalue weighted by Gasteiger charge is 2.10. The van der Waals surface area contributed by atoms with Gasteiger partial charge in [0.2, 0.25) is 0 Å². The van der Waals surface area contributed by atoms with Crippen molar-refractivity contribution < 1.29 is 10.2 Å². The highest BCUT2D eigenvalue weighted by molar-refractivity contribution is 14.1. The molecule has 2 heterocycles. The maximum atomic E-state index is 9.65. The van der Waals surface area contributed by atoms with Gasteiger partial charge in [-0.2, -0.15) is 0 Å². The van der Waals surface area contributed by atoms with Gasteiger partial charge in [-0.3, -0.25) is 4.98 Å². The number of fused-ring (bicyclic) bond motifs is 2. The van der Waals surface area contributed by atoms with Crippen LogP contribution in [-0.4, -0.2) is 20.2 Å². The zero-order valence-electron chi connectivity index (χ0n) is 13.8. The number of phenolic OH excluding ortho intramolecular Hbond substituents is 2. The second kappa shape index (κ2) is 8.22. The number of rotatable bonds is 0. The highest BCUT2D eigenvalue weighted by Crippen LogP contribution is 2.36. The number of pyridine rings is 2. The zero-order chi connectivity index (χ0) is 19.7. The number of phenols is 2. The molecular weight excluding hydrogens is 521 g/mol. The summed E-state index contributed by atoms with van der Waals surface area (Å²) < 4.78 is 0.716. The molecule has 27 heavy (non-hydrogen) atoms. The van der Waals surface area contributed by atoms with Gasteiger partial charge in [0.1, 0.15) is 11.0 Å². The van der Waals surface area contributed by atoms with Gasteiger partial charge in [0.15, 0.2) is 11.5 Å². The summed E-state index contributed by atoms with van der Waals surface area (Å²) in [5, 5.41) is 22.1. The number of hydrogen-bond acceptors (Lipinski definition) is 4. The largest absolute Gasteiger partial charge is 0.505 e. The first kappa shape index (κ1) is 20.2. The predicted molar refractivity (Wildman–Crippen MR) is 119 cm³/mol. The van der Waals surface area contributed by atoms with E-state index in [4.69, 9.17) is 34.8 Å². The van der Waals surface area contributed by atoms with Gasteiger partial charge in [0.05, 0.1) is 18.6 Å². The van der Waals surface area contributed by atoms with Crippen LogP contribution in [0.4, 0.5) is 0 Å². The molecule has 0 radical (unpaired) electrons. The van der Waals surface area contributed by atoms with Crippen LogP contribution in [0.3, 0.4) is 0 Å². The summed E-state index contributed by atoms with van der Waals surface area (Å²) in [5.74, 6) is 0.176. The normalized spacial score (nSPS) is 10.7. The summed E-state index contributed by atoms with van der Waals surface area (Å²) in [7, 11) is 0. The lowest BCUT2D eigenvalue weighted by molar-refractivity contribution is 0.476. The Kier molecular flexibility index (Phi) is 6.15. The fourth-order valence-electron chi connectivity index (χ4n) is 2.46. The van der Waals surface area contributed by atoms with Crippen LogP contribution < -0.4 is 0 Å². The van der Waals surface area contributed by atoms with Crippen molar-refractivity contribution in [2.45, 2.75) is 6.92 Å². The Morgan fingerprint density at radius 3 is 2.26 bits per heavy atom. The summed E-state index contributed by atoms with van der Waals surface area (Å²) in [5.41, 5.74) is 1.81. The zero-order valence-corrected chi connectivity index (χ0v) is 18.3. The molecule has 0 saturated heterocycles. The molecule has 0 aliphatic rings. The van der Waals surface area contributed by atoms with Crippen LogP contribution in [0.25, 0.3) is 21.8 Å². The molecule has 0 amide bonds. The van der Waals surface area contributed by atoms with Crippen LogP contribution in [0.1, 0.15) is 5.69 Å². The molecule has 0 atom stereocenters. The Morgan fingerprint density at radius 1 is 0.852 bits per heavy atom. The molecule has 0 unspecified atom stereocenters. The topological polar surface area (TPSA) is 66.2 Å². The van der Waals surface area contributed by atoms with Gasteiger partial charge >= 0.3 is 0 Å². The molecule has 0 aliphatic heterocycles. The molecule has 0 bridgehead atoms. The quantitative estimate of drug-likeness (QED) is 0.245. The number of hydrogen-bond donors (Lipinski definition) is 2. The minimum atomic E-state index is -0.0187. The second-order valence-corrected chi connectivity index (χ2v) is 8.01. The van der Waals surface area contributed by atoms with Crippen molar-refractivity contribution in [3.63, 3.8) is 0 Å². The van der Waals surface area contributed by atoms with E-state index < -0.39 is 0 Å². The number of halogens is 4. The first-order valence-corrected chi connectivity index (χ1v) is 9.87. The van der Waals surface area contributed by atoms with Crippen molar-refractivity contribution in [3.05, 3.63) is 66.9 Å². The monoisotopic (exact) mass is 532 g/mol. The SMILES string of the molecule is Cc1ccc2c(Cl)cc(Cl)c(O)c2n1.Oc1c(I)cc(Cl)c2cccnc12. The maximum Gasteiger partial charge on any atom is 0.160 e. The Balaban J connectivity index is 0.000000156. The number of benzene rings is 2. The summed E-state index contributed by atoms with van der Waals surface area (Å²) >= 11 is 19.7. The third-order valence-electron chi connectivity index (χ3n) is 3.76. The van der Waals surface area contributed by atoms with Crippen LogP contribution in [0.15, 0.2) is 42.6 Å². The van der Waals surface area contributed by atoms with E-state index in [0.29, 0.717) is 30.0 Å². The molecule has 8 heteroatoms. The Morgan fingerprint density at radius 2 is 1.52 bits per heavy atom. The van der Waals surface area contributed by atoms with Crippen molar-refractivity contribution in [1.82, 2.24) is 9.97 Å². The minimum Gasteiger partial charge on any atom is -0.505 e. The van der Waals surface area contributed by atoms with Gasteiger partial charge in [-0.25, -0.2) is 4.98 Å². The minimum absolute atomic E-state index is 0.0187. The second-order valence-electron chi connectivity index (χ2n) is 5.63. The first-order valence-electron chi connectivity index (χ1n) is 7.65. The molecule has 4 rings (SSSR count). The standard InChI is InChI=1S/C10H7Cl2NO.C9H5ClINO/c1-5-2-3-6-7(11)4-8(12)10(14)9(6)13-5;10-6-4-7(11)9(13)8-5(6)2-1-3-12-8/h2-4,14H,1H3;1-4,13H.